The van der Waals surface area contributed by atoms with E-state index in [0.29, 0.717) is 4.80 Å². The molecule has 0 bridgehead atoms. The van der Waals surface area contributed by atoms with Crippen molar-refractivity contribution in [3.63, 3.8) is 0 Å². The molecule has 0 unspecified atom stereocenters. The van der Waals surface area contributed by atoms with Crippen LogP contribution in [0.4, 0.5) is 13.2 Å². The van der Waals surface area contributed by atoms with Crippen LogP contribution in [-0.2, 0) is 13.2 Å². The van der Waals surface area contributed by atoms with E-state index in [1.807, 2.05) is 35.9 Å². The van der Waals surface area contributed by atoms with Crippen LogP contribution in [-0.4, -0.2) is 10.8 Å². The first kappa shape index (κ1) is 15.5. The largest absolute Gasteiger partial charge is 0.417 e. The Kier molecular flexibility index (Phi) is 4.04. The topological polar surface area (TPSA) is 29.6 Å². The molecule has 0 amide bonds. The lowest BCUT2D eigenvalue weighted by molar-refractivity contribution is -0.137. The van der Waals surface area contributed by atoms with Gasteiger partial charge in [0.25, 0.3) is 0 Å². The van der Waals surface area contributed by atoms with E-state index in [0.717, 1.165) is 22.5 Å². The van der Waals surface area contributed by atoms with Gasteiger partial charge in [0.1, 0.15) is 0 Å². The number of halogens is 3. The van der Waals surface area contributed by atoms with E-state index >= 15 is 0 Å². The number of rotatable bonds is 2. The molecular formula is C16H12F3N3S. The summed E-state index contributed by atoms with van der Waals surface area (Å²) >= 11 is 1.43. The van der Waals surface area contributed by atoms with Crippen molar-refractivity contribution in [3.8, 4) is 0 Å². The Bertz CT molecular complexity index is 935. The molecule has 2 aromatic carbocycles. The molecule has 3 aromatic rings. The first-order valence-corrected chi connectivity index (χ1v) is 7.56. The van der Waals surface area contributed by atoms with Gasteiger partial charge in [0.2, 0.25) is 4.80 Å². The lowest BCUT2D eigenvalue weighted by Crippen LogP contribution is -2.10. The number of para-hydroxylation sites is 1. The molecule has 0 aliphatic heterocycles. The first-order chi connectivity index (χ1) is 11.0. The van der Waals surface area contributed by atoms with E-state index in [1.165, 1.54) is 29.5 Å². The van der Waals surface area contributed by atoms with Gasteiger partial charge in [-0.3, -0.25) is 0 Å². The lowest BCUT2D eigenvalue weighted by Gasteiger charge is -2.08. The van der Waals surface area contributed by atoms with Crippen molar-refractivity contribution in [3.05, 3.63) is 64.5 Å². The highest BCUT2D eigenvalue weighted by molar-refractivity contribution is 7.16. The summed E-state index contributed by atoms with van der Waals surface area (Å²) in [6.07, 6.45) is -3.28. The highest BCUT2D eigenvalue weighted by Crippen LogP contribution is 2.31. The predicted molar refractivity (Wildman–Crippen MR) is 85.4 cm³/mol. The first-order valence-electron chi connectivity index (χ1n) is 6.74. The van der Waals surface area contributed by atoms with E-state index in [4.69, 9.17) is 0 Å². The molecule has 118 valence electrons. The molecule has 0 saturated heterocycles. The van der Waals surface area contributed by atoms with Crippen molar-refractivity contribution in [1.29, 1.82) is 0 Å². The zero-order chi connectivity index (χ0) is 16.4. The van der Waals surface area contributed by atoms with Crippen molar-refractivity contribution < 1.29 is 13.2 Å². The fourth-order valence-corrected chi connectivity index (χ4v) is 3.16. The molecule has 23 heavy (non-hydrogen) atoms. The normalized spacial score (nSPS) is 13.3. The summed E-state index contributed by atoms with van der Waals surface area (Å²) in [6, 6.07) is 13.0. The van der Waals surface area contributed by atoms with Crippen molar-refractivity contribution >= 4 is 27.8 Å². The zero-order valence-electron chi connectivity index (χ0n) is 12.1. The van der Waals surface area contributed by atoms with Gasteiger partial charge < -0.3 is 4.57 Å². The van der Waals surface area contributed by atoms with Crippen molar-refractivity contribution in [1.82, 2.24) is 4.57 Å². The number of hydrogen-bond acceptors (Lipinski definition) is 3. The Hall–Kier alpha value is -2.41. The second-order valence-corrected chi connectivity index (χ2v) is 5.85. The third-order valence-corrected chi connectivity index (χ3v) is 4.42. The van der Waals surface area contributed by atoms with Crippen LogP contribution in [0.3, 0.4) is 0 Å². The van der Waals surface area contributed by atoms with Gasteiger partial charge in [-0.1, -0.05) is 41.7 Å². The maximum absolute atomic E-state index is 12.9. The summed E-state index contributed by atoms with van der Waals surface area (Å²) in [6.45, 7) is 0. The molecular weight excluding hydrogens is 323 g/mol. The third kappa shape index (κ3) is 3.19. The van der Waals surface area contributed by atoms with Gasteiger partial charge in [-0.15, -0.1) is 5.10 Å². The van der Waals surface area contributed by atoms with Crippen LogP contribution in [0, 0.1) is 0 Å². The van der Waals surface area contributed by atoms with Crippen LogP contribution in [0.25, 0.3) is 10.2 Å². The molecule has 3 nitrogen and oxygen atoms in total. The number of nitrogens with zero attached hydrogens (tertiary/aromatic N) is 3. The molecule has 0 spiro atoms. The van der Waals surface area contributed by atoms with Gasteiger partial charge in [-0.2, -0.15) is 18.3 Å². The number of aryl methyl sites for hydroxylation is 1. The summed E-state index contributed by atoms with van der Waals surface area (Å²) in [5.74, 6) is 0. The van der Waals surface area contributed by atoms with Crippen LogP contribution in [0.5, 0.6) is 0 Å². The third-order valence-electron chi connectivity index (χ3n) is 3.32. The average Bonchev–Trinajstić information content (AvgIpc) is 2.84. The van der Waals surface area contributed by atoms with Crippen LogP contribution >= 0.6 is 11.3 Å². The number of aromatic nitrogens is 1. The quantitative estimate of drug-likeness (QED) is 0.496. The summed E-state index contributed by atoms with van der Waals surface area (Å²) in [5, 5.41) is 7.88. The Balaban J connectivity index is 1.99. The van der Waals surface area contributed by atoms with Crippen molar-refractivity contribution in [2.75, 3.05) is 0 Å². The van der Waals surface area contributed by atoms with Gasteiger partial charge in [0.05, 0.1) is 22.0 Å². The summed E-state index contributed by atoms with van der Waals surface area (Å²) in [5.41, 5.74) is 0.273. The standard InChI is InChI=1S/C16H12F3N3S/c1-22-13-8-4-5-9-14(13)23-15(22)21-20-10-11-6-2-3-7-12(11)16(17,18)19/h2-10H,1H3/b20-10-,21-15+. The fraction of sp³-hybridized carbons (Fsp3) is 0.125. The molecule has 0 aliphatic carbocycles. The zero-order valence-corrected chi connectivity index (χ0v) is 12.9. The number of fused-ring (bicyclic) bond motifs is 1. The minimum absolute atomic E-state index is 0.00693. The predicted octanol–water partition coefficient (Wildman–Crippen LogP) is 4.19. The maximum atomic E-state index is 12.9. The van der Waals surface area contributed by atoms with E-state index in [9.17, 15) is 13.2 Å². The van der Waals surface area contributed by atoms with E-state index in [2.05, 4.69) is 10.2 Å². The Morgan fingerprint density at radius 2 is 1.74 bits per heavy atom. The van der Waals surface area contributed by atoms with Gasteiger partial charge >= 0.3 is 6.18 Å². The molecule has 0 fully saturated rings. The molecule has 0 atom stereocenters. The monoisotopic (exact) mass is 335 g/mol. The molecule has 7 heteroatoms. The van der Waals surface area contributed by atoms with E-state index in [-0.39, 0.29) is 5.56 Å². The van der Waals surface area contributed by atoms with Crippen LogP contribution in [0.2, 0.25) is 0 Å². The van der Waals surface area contributed by atoms with E-state index in [1.54, 1.807) is 0 Å². The molecule has 0 aliphatic rings. The molecule has 0 saturated carbocycles. The van der Waals surface area contributed by atoms with Gasteiger partial charge in [-0.25, -0.2) is 0 Å². The Labute approximate surface area is 134 Å². The molecule has 1 heterocycles. The fourth-order valence-electron chi connectivity index (χ4n) is 2.19. The van der Waals surface area contributed by atoms with Crippen molar-refractivity contribution in [2.45, 2.75) is 6.18 Å². The Morgan fingerprint density at radius 3 is 2.48 bits per heavy atom. The number of thiazole rings is 1. The molecule has 0 N–H and O–H groups in total. The maximum Gasteiger partial charge on any atom is 0.417 e. The van der Waals surface area contributed by atoms with Crippen LogP contribution < -0.4 is 4.80 Å². The minimum atomic E-state index is -4.41. The number of alkyl halides is 3. The number of hydrogen-bond donors (Lipinski definition) is 0. The minimum Gasteiger partial charge on any atom is -0.318 e. The van der Waals surface area contributed by atoms with Crippen LogP contribution in [0.15, 0.2) is 58.7 Å². The highest BCUT2D eigenvalue weighted by atomic mass is 32.1. The average molecular weight is 335 g/mol. The summed E-state index contributed by atoms with van der Waals surface area (Å²) < 4.78 is 41.6. The summed E-state index contributed by atoms with van der Waals surface area (Å²) in [4.78, 5) is 0.618. The lowest BCUT2D eigenvalue weighted by atomic mass is 10.1. The number of benzene rings is 2. The smallest absolute Gasteiger partial charge is 0.318 e. The molecule has 1 aromatic heterocycles. The summed E-state index contributed by atoms with van der Waals surface area (Å²) in [7, 11) is 1.84. The van der Waals surface area contributed by atoms with Gasteiger partial charge in [0.15, 0.2) is 0 Å². The van der Waals surface area contributed by atoms with E-state index < -0.39 is 11.7 Å². The second kappa shape index (κ2) is 6.00. The molecule has 0 radical (unpaired) electrons. The van der Waals surface area contributed by atoms with Gasteiger partial charge in [-0.05, 0) is 18.2 Å². The second-order valence-electron chi connectivity index (χ2n) is 4.84. The van der Waals surface area contributed by atoms with Crippen molar-refractivity contribution in [2.24, 2.45) is 17.3 Å². The SMILES string of the molecule is Cn1/c(=N\N=C/c2ccccc2C(F)(F)F)sc2ccccc21. The van der Waals surface area contributed by atoms with Crippen LogP contribution in [0.1, 0.15) is 11.1 Å². The Morgan fingerprint density at radius 1 is 1.04 bits per heavy atom. The molecule has 3 rings (SSSR count). The highest BCUT2D eigenvalue weighted by Gasteiger charge is 2.32. The van der Waals surface area contributed by atoms with Gasteiger partial charge in [0, 0.05) is 12.6 Å².